The maximum absolute atomic E-state index is 3.98. The highest BCUT2D eigenvalue weighted by atomic mass is 32.1. The van der Waals surface area contributed by atoms with Gasteiger partial charge >= 0.3 is 0 Å². The average Bonchev–Trinajstić information content (AvgIpc) is 3.53. The molecular formula is C48H34S. The monoisotopic (exact) mass is 642 g/mol. The Morgan fingerprint density at radius 3 is 1.67 bits per heavy atom. The van der Waals surface area contributed by atoms with Crippen LogP contribution in [-0.4, -0.2) is 0 Å². The van der Waals surface area contributed by atoms with Gasteiger partial charge in [0.1, 0.15) is 0 Å². The minimum absolute atomic E-state index is 1.25. The normalized spacial score (nSPS) is 11.9. The number of hydrogen-bond donors (Lipinski definition) is 0. The molecule has 0 fully saturated rings. The zero-order valence-corrected chi connectivity index (χ0v) is 28.4. The quantitative estimate of drug-likeness (QED) is 0.129. The van der Waals surface area contributed by atoms with Gasteiger partial charge in [0.05, 0.1) is 0 Å². The van der Waals surface area contributed by atoms with E-state index in [1.54, 1.807) is 0 Å². The van der Waals surface area contributed by atoms with Crippen molar-refractivity contribution in [2.45, 2.75) is 13.8 Å². The van der Waals surface area contributed by atoms with E-state index in [-0.39, 0.29) is 0 Å². The van der Waals surface area contributed by atoms with Gasteiger partial charge < -0.3 is 0 Å². The van der Waals surface area contributed by atoms with E-state index in [0.717, 1.165) is 0 Å². The molecule has 0 unspecified atom stereocenters. The summed E-state index contributed by atoms with van der Waals surface area (Å²) in [5.41, 5.74) is 11.6. The molecule has 8 aromatic carbocycles. The molecule has 0 spiro atoms. The first-order chi connectivity index (χ1) is 24.1. The Morgan fingerprint density at radius 1 is 0.469 bits per heavy atom. The third-order valence-corrected chi connectivity index (χ3v) is 11.4. The van der Waals surface area contributed by atoms with Crippen molar-refractivity contribution >= 4 is 69.9 Å². The molecule has 0 atom stereocenters. The van der Waals surface area contributed by atoms with Gasteiger partial charge in [-0.2, -0.15) is 0 Å². The Kier molecular flexibility index (Phi) is 7.04. The number of rotatable bonds is 5. The highest BCUT2D eigenvalue weighted by Crippen LogP contribution is 2.48. The van der Waals surface area contributed by atoms with Crippen LogP contribution in [0.2, 0.25) is 0 Å². The molecule has 0 saturated heterocycles. The number of benzene rings is 8. The second-order valence-corrected chi connectivity index (χ2v) is 14.0. The van der Waals surface area contributed by atoms with E-state index in [1.807, 2.05) is 17.4 Å². The lowest BCUT2D eigenvalue weighted by Gasteiger charge is -2.19. The summed E-state index contributed by atoms with van der Waals surface area (Å²) in [7, 11) is 0. The van der Waals surface area contributed by atoms with Gasteiger partial charge in [-0.25, -0.2) is 0 Å². The fraction of sp³-hybridized carbons (Fsp3) is 0.0417. The molecule has 9 aromatic rings. The van der Waals surface area contributed by atoms with Gasteiger partial charge in [-0.05, 0) is 108 Å². The fourth-order valence-electron chi connectivity index (χ4n) is 7.97. The number of allylic oxidation sites excluding steroid dienone is 2. The molecule has 1 heterocycles. The first kappa shape index (κ1) is 29.4. The Bertz CT molecular complexity index is 2740. The molecule has 0 aliphatic heterocycles. The smallest absolute Gasteiger partial charge is 0.0361 e. The average molecular weight is 643 g/mol. The van der Waals surface area contributed by atoms with Gasteiger partial charge in [0.25, 0.3) is 0 Å². The van der Waals surface area contributed by atoms with Crippen molar-refractivity contribution in [1.29, 1.82) is 0 Å². The number of hydrogen-bond acceptors (Lipinski definition) is 1. The van der Waals surface area contributed by atoms with Gasteiger partial charge in [0.15, 0.2) is 0 Å². The molecule has 0 nitrogen and oxygen atoms in total. The highest BCUT2D eigenvalue weighted by molar-refractivity contribution is 7.26. The molecule has 9 rings (SSSR count). The van der Waals surface area contributed by atoms with Crippen LogP contribution in [-0.2, 0) is 0 Å². The van der Waals surface area contributed by atoms with Crippen molar-refractivity contribution in [2.75, 3.05) is 0 Å². The van der Waals surface area contributed by atoms with Crippen LogP contribution in [0.25, 0.3) is 91.9 Å². The molecule has 0 bridgehead atoms. The second-order valence-electron chi connectivity index (χ2n) is 12.9. The van der Waals surface area contributed by atoms with Crippen molar-refractivity contribution in [3.05, 3.63) is 175 Å². The van der Waals surface area contributed by atoms with E-state index in [2.05, 4.69) is 172 Å². The SMILES string of the molecule is C=C/C=C\c1c(C)c(C)c2ccccc2c1-c1cccc2sc3cc(-c4c5ccccc5c(-c5ccccc5)c5ccccc45)ccc3c12. The minimum atomic E-state index is 1.25. The van der Waals surface area contributed by atoms with Crippen molar-refractivity contribution in [2.24, 2.45) is 0 Å². The van der Waals surface area contributed by atoms with E-state index in [1.165, 1.54) is 103 Å². The van der Waals surface area contributed by atoms with Crippen LogP contribution in [0.4, 0.5) is 0 Å². The maximum Gasteiger partial charge on any atom is 0.0361 e. The lowest BCUT2D eigenvalue weighted by molar-refractivity contribution is 1.36. The van der Waals surface area contributed by atoms with Crippen molar-refractivity contribution < 1.29 is 0 Å². The van der Waals surface area contributed by atoms with Crippen LogP contribution in [0.1, 0.15) is 16.7 Å². The van der Waals surface area contributed by atoms with Gasteiger partial charge in [0.2, 0.25) is 0 Å². The fourth-order valence-corrected chi connectivity index (χ4v) is 9.14. The summed E-state index contributed by atoms with van der Waals surface area (Å²) in [6, 6.07) is 51.5. The maximum atomic E-state index is 3.98. The van der Waals surface area contributed by atoms with E-state index in [9.17, 15) is 0 Å². The van der Waals surface area contributed by atoms with Crippen LogP contribution in [0.3, 0.4) is 0 Å². The predicted molar refractivity (Wildman–Crippen MR) is 217 cm³/mol. The first-order valence-corrected chi connectivity index (χ1v) is 17.7. The summed E-state index contributed by atoms with van der Waals surface area (Å²) in [6.07, 6.45) is 6.17. The van der Waals surface area contributed by atoms with Gasteiger partial charge in [-0.15, -0.1) is 11.3 Å². The molecule has 1 heteroatoms. The van der Waals surface area contributed by atoms with E-state index in [4.69, 9.17) is 0 Å². The highest BCUT2D eigenvalue weighted by Gasteiger charge is 2.20. The summed E-state index contributed by atoms with van der Waals surface area (Å²) in [5, 5.41) is 10.3. The second kappa shape index (κ2) is 11.7. The van der Waals surface area contributed by atoms with E-state index < -0.39 is 0 Å². The topological polar surface area (TPSA) is 0 Å². The zero-order valence-electron chi connectivity index (χ0n) is 27.6. The van der Waals surface area contributed by atoms with Crippen LogP contribution in [0.15, 0.2) is 158 Å². The molecule has 0 radical (unpaired) electrons. The van der Waals surface area contributed by atoms with E-state index >= 15 is 0 Å². The lowest BCUT2D eigenvalue weighted by Crippen LogP contribution is -1.95. The van der Waals surface area contributed by atoms with Crippen molar-refractivity contribution in [3.63, 3.8) is 0 Å². The molecule has 0 saturated carbocycles. The zero-order chi connectivity index (χ0) is 33.1. The standard InChI is InChI=1S/C48H34S/c1-4-5-18-35-31(3)30(2)34-19-9-10-20-36(34)47(35)42-25-15-26-43-48(42)41-28-27-33(29-44(41)49-43)46-39-23-13-11-21-37(39)45(32-16-7-6-8-17-32)38-22-12-14-24-40(38)46/h4-29H,1H2,2-3H3/b18-5-. The molecule has 49 heavy (non-hydrogen) atoms. The van der Waals surface area contributed by atoms with Crippen molar-refractivity contribution in [1.82, 2.24) is 0 Å². The first-order valence-electron chi connectivity index (χ1n) is 16.9. The third-order valence-electron chi connectivity index (χ3n) is 10.3. The Morgan fingerprint density at radius 2 is 1.04 bits per heavy atom. The van der Waals surface area contributed by atoms with Crippen LogP contribution in [0.5, 0.6) is 0 Å². The molecular weight excluding hydrogens is 609 g/mol. The van der Waals surface area contributed by atoms with Crippen LogP contribution >= 0.6 is 11.3 Å². The largest absolute Gasteiger partial charge is 0.135 e. The van der Waals surface area contributed by atoms with Crippen molar-refractivity contribution in [3.8, 4) is 33.4 Å². The number of thiophene rings is 1. The summed E-state index contributed by atoms with van der Waals surface area (Å²) in [5.74, 6) is 0. The summed E-state index contributed by atoms with van der Waals surface area (Å²) >= 11 is 1.89. The number of fused-ring (bicyclic) bond motifs is 6. The third kappa shape index (κ3) is 4.58. The van der Waals surface area contributed by atoms with Gasteiger partial charge in [0, 0.05) is 20.2 Å². The Hall–Kier alpha value is -5.76. The Balaban J connectivity index is 1.33. The molecule has 0 aliphatic carbocycles. The molecule has 0 amide bonds. The lowest BCUT2D eigenvalue weighted by atomic mass is 9.85. The molecule has 0 aliphatic rings. The van der Waals surface area contributed by atoms with Gasteiger partial charge in [-0.1, -0.05) is 152 Å². The molecule has 1 aromatic heterocycles. The summed E-state index contributed by atoms with van der Waals surface area (Å²) < 4.78 is 2.61. The molecule has 232 valence electrons. The van der Waals surface area contributed by atoms with Gasteiger partial charge in [-0.3, -0.25) is 0 Å². The van der Waals surface area contributed by atoms with E-state index in [0.29, 0.717) is 0 Å². The predicted octanol–water partition coefficient (Wildman–Crippen LogP) is 14.3. The Labute approximate surface area is 290 Å². The summed E-state index contributed by atoms with van der Waals surface area (Å²) in [6.45, 7) is 8.48. The summed E-state index contributed by atoms with van der Waals surface area (Å²) in [4.78, 5) is 0. The van der Waals surface area contributed by atoms with Crippen LogP contribution in [0, 0.1) is 13.8 Å². The molecule has 0 N–H and O–H groups in total. The minimum Gasteiger partial charge on any atom is -0.135 e. The number of aryl methyl sites for hydroxylation is 1. The van der Waals surface area contributed by atoms with Crippen LogP contribution < -0.4 is 0 Å².